The minimum absolute atomic E-state index is 0.0224. The summed E-state index contributed by atoms with van der Waals surface area (Å²) in [6.07, 6.45) is 1.70. The van der Waals surface area contributed by atoms with Crippen LogP contribution in [0.1, 0.15) is 36.2 Å². The van der Waals surface area contributed by atoms with Gasteiger partial charge >= 0.3 is 5.97 Å². The number of hydrogen-bond acceptors (Lipinski definition) is 4. The van der Waals surface area contributed by atoms with Crippen LogP contribution in [0, 0.1) is 0 Å². The minimum atomic E-state index is -1.05. The number of carbonyl (C=O) groups is 1. The Balaban J connectivity index is 2.12. The standard InChI is InChI=1S/C15H18N2O4/c1-10(2)17-8-11(16-14(17)15(18)19)9-21-13-6-4-5-12(7-13)20-3/h4-8,10H,9H2,1-3H3,(H,18,19). The summed E-state index contributed by atoms with van der Waals surface area (Å²) in [7, 11) is 1.59. The van der Waals surface area contributed by atoms with Gasteiger partial charge in [-0.1, -0.05) is 6.07 Å². The lowest BCUT2D eigenvalue weighted by Gasteiger charge is -2.07. The SMILES string of the molecule is COc1cccc(OCc2cn(C(C)C)c(C(=O)O)n2)c1. The molecule has 6 nitrogen and oxygen atoms in total. The van der Waals surface area contributed by atoms with Crippen molar-refractivity contribution in [3.8, 4) is 11.5 Å². The van der Waals surface area contributed by atoms with Crippen LogP contribution in [0.5, 0.6) is 11.5 Å². The maximum Gasteiger partial charge on any atom is 0.372 e. The van der Waals surface area contributed by atoms with E-state index < -0.39 is 5.97 Å². The van der Waals surface area contributed by atoms with Gasteiger partial charge in [0.2, 0.25) is 5.82 Å². The van der Waals surface area contributed by atoms with Crippen LogP contribution in [0.3, 0.4) is 0 Å². The molecular weight excluding hydrogens is 272 g/mol. The number of carboxylic acids is 1. The fourth-order valence-corrected chi connectivity index (χ4v) is 1.91. The van der Waals surface area contributed by atoms with E-state index in [-0.39, 0.29) is 18.5 Å². The highest BCUT2D eigenvalue weighted by Crippen LogP contribution is 2.20. The zero-order chi connectivity index (χ0) is 15.4. The highest BCUT2D eigenvalue weighted by atomic mass is 16.5. The smallest absolute Gasteiger partial charge is 0.372 e. The number of imidazole rings is 1. The van der Waals surface area contributed by atoms with Crippen LogP contribution in [-0.2, 0) is 6.61 Å². The molecule has 0 bridgehead atoms. The zero-order valence-electron chi connectivity index (χ0n) is 12.2. The Labute approximate surface area is 122 Å². The molecule has 0 saturated heterocycles. The highest BCUT2D eigenvalue weighted by Gasteiger charge is 2.16. The lowest BCUT2D eigenvalue weighted by Crippen LogP contribution is -2.10. The summed E-state index contributed by atoms with van der Waals surface area (Å²) in [5, 5.41) is 9.14. The van der Waals surface area contributed by atoms with Crippen molar-refractivity contribution >= 4 is 5.97 Å². The Hall–Kier alpha value is -2.50. The summed E-state index contributed by atoms with van der Waals surface area (Å²) >= 11 is 0. The summed E-state index contributed by atoms with van der Waals surface area (Å²) < 4.78 is 12.3. The van der Waals surface area contributed by atoms with Crippen molar-refractivity contribution < 1.29 is 19.4 Å². The molecule has 21 heavy (non-hydrogen) atoms. The fraction of sp³-hybridized carbons (Fsp3) is 0.333. The number of methoxy groups -OCH3 is 1. The first-order valence-corrected chi connectivity index (χ1v) is 6.59. The quantitative estimate of drug-likeness (QED) is 0.885. The van der Waals surface area contributed by atoms with Crippen molar-refractivity contribution in [3.05, 3.63) is 42.0 Å². The molecule has 0 saturated carbocycles. The molecule has 112 valence electrons. The second kappa shape index (κ2) is 6.30. The maximum atomic E-state index is 11.2. The normalized spacial score (nSPS) is 10.7. The topological polar surface area (TPSA) is 73.6 Å². The van der Waals surface area contributed by atoms with Crippen LogP contribution in [0.4, 0.5) is 0 Å². The van der Waals surface area contributed by atoms with Crippen molar-refractivity contribution in [3.63, 3.8) is 0 Å². The Morgan fingerprint density at radius 1 is 1.38 bits per heavy atom. The van der Waals surface area contributed by atoms with E-state index in [0.717, 1.165) is 0 Å². The van der Waals surface area contributed by atoms with Gasteiger partial charge in [0.1, 0.15) is 18.1 Å². The number of aromatic carboxylic acids is 1. The fourth-order valence-electron chi connectivity index (χ4n) is 1.91. The van der Waals surface area contributed by atoms with Crippen LogP contribution in [-0.4, -0.2) is 27.7 Å². The molecule has 1 N–H and O–H groups in total. The summed E-state index contributed by atoms with van der Waals surface area (Å²) in [6.45, 7) is 4.01. The highest BCUT2D eigenvalue weighted by molar-refractivity contribution is 5.83. The first kappa shape index (κ1) is 14.9. The number of benzene rings is 1. The van der Waals surface area contributed by atoms with Gasteiger partial charge < -0.3 is 19.1 Å². The molecule has 1 aromatic carbocycles. The van der Waals surface area contributed by atoms with Gasteiger partial charge in [0.25, 0.3) is 0 Å². The average molecular weight is 290 g/mol. The van der Waals surface area contributed by atoms with Gasteiger partial charge in [0.05, 0.1) is 12.8 Å². The van der Waals surface area contributed by atoms with E-state index in [4.69, 9.17) is 14.6 Å². The molecule has 0 amide bonds. The van der Waals surface area contributed by atoms with E-state index in [0.29, 0.717) is 17.2 Å². The van der Waals surface area contributed by atoms with E-state index in [1.165, 1.54) is 0 Å². The predicted octanol–water partition coefficient (Wildman–Crippen LogP) is 2.75. The largest absolute Gasteiger partial charge is 0.497 e. The first-order chi connectivity index (χ1) is 10.0. The third-order valence-electron chi connectivity index (χ3n) is 2.96. The van der Waals surface area contributed by atoms with E-state index in [1.54, 1.807) is 30.0 Å². The Morgan fingerprint density at radius 2 is 2.10 bits per heavy atom. The number of ether oxygens (including phenoxy) is 2. The number of carboxylic acid groups (broad SMARTS) is 1. The van der Waals surface area contributed by atoms with Gasteiger partial charge in [-0.2, -0.15) is 0 Å². The molecular formula is C15H18N2O4. The second-order valence-corrected chi connectivity index (χ2v) is 4.83. The van der Waals surface area contributed by atoms with Crippen LogP contribution in [0.15, 0.2) is 30.5 Å². The average Bonchev–Trinajstić information content (AvgIpc) is 2.90. The Bertz CT molecular complexity index is 634. The number of nitrogens with zero attached hydrogens (tertiary/aromatic N) is 2. The molecule has 0 aliphatic carbocycles. The third kappa shape index (κ3) is 3.53. The van der Waals surface area contributed by atoms with Crippen LogP contribution in [0.25, 0.3) is 0 Å². The van der Waals surface area contributed by atoms with Gasteiger partial charge in [-0.15, -0.1) is 0 Å². The lowest BCUT2D eigenvalue weighted by atomic mass is 10.3. The maximum absolute atomic E-state index is 11.2. The molecule has 1 heterocycles. The number of hydrogen-bond donors (Lipinski definition) is 1. The molecule has 0 fully saturated rings. The van der Waals surface area contributed by atoms with E-state index in [9.17, 15) is 4.79 Å². The van der Waals surface area contributed by atoms with Crippen molar-refractivity contribution in [2.75, 3.05) is 7.11 Å². The lowest BCUT2D eigenvalue weighted by molar-refractivity contribution is 0.0676. The van der Waals surface area contributed by atoms with Gasteiger partial charge in [0, 0.05) is 18.3 Å². The van der Waals surface area contributed by atoms with Gasteiger partial charge in [-0.3, -0.25) is 0 Å². The molecule has 0 radical (unpaired) electrons. The molecule has 1 aromatic heterocycles. The van der Waals surface area contributed by atoms with Gasteiger partial charge in [-0.25, -0.2) is 9.78 Å². The van der Waals surface area contributed by atoms with Crippen molar-refractivity contribution in [1.82, 2.24) is 9.55 Å². The van der Waals surface area contributed by atoms with E-state index in [2.05, 4.69) is 4.98 Å². The molecule has 0 unspecified atom stereocenters. The second-order valence-electron chi connectivity index (χ2n) is 4.83. The zero-order valence-corrected chi connectivity index (χ0v) is 12.2. The van der Waals surface area contributed by atoms with Gasteiger partial charge in [-0.05, 0) is 26.0 Å². The molecule has 0 atom stereocenters. The predicted molar refractivity (Wildman–Crippen MR) is 76.9 cm³/mol. The number of rotatable bonds is 6. The van der Waals surface area contributed by atoms with Crippen molar-refractivity contribution in [1.29, 1.82) is 0 Å². The molecule has 2 rings (SSSR count). The van der Waals surface area contributed by atoms with Crippen LogP contribution >= 0.6 is 0 Å². The minimum Gasteiger partial charge on any atom is -0.497 e. The molecule has 0 aliphatic heterocycles. The van der Waals surface area contributed by atoms with E-state index in [1.807, 2.05) is 26.0 Å². The summed E-state index contributed by atoms with van der Waals surface area (Å²) in [4.78, 5) is 15.3. The van der Waals surface area contributed by atoms with Crippen molar-refractivity contribution in [2.45, 2.75) is 26.5 Å². The Kier molecular flexibility index (Phi) is 4.47. The summed E-state index contributed by atoms with van der Waals surface area (Å²) in [6, 6.07) is 7.23. The number of aromatic nitrogens is 2. The van der Waals surface area contributed by atoms with Gasteiger partial charge in [0.15, 0.2) is 0 Å². The summed E-state index contributed by atoms with van der Waals surface area (Å²) in [5.74, 6) is 0.322. The molecule has 0 aliphatic rings. The third-order valence-corrected chi connectivity index (χ3v) is 2.96. The molecule has 2 aromatic rings. The first-order valence-electron chi connectivity index (χ1n) is 6.59. The van der Waals surface area contributed by atoms with Crippen molar-refractivity contribution in [2.24, 2.45) is 0 Å². The monoisotopic (exact) mass is 290 g/mol. The van der Waals surface area contributed by atoms with Crippen LogP contribution in [0.2, 0.25) is 0 Å². The molecule has 6 heteroatoms. The summed E-state index contributed by atoms with van der Waals surface area (Å²) in [5.41, 5.74) is 0.573. The Morgan fingerprint density at radius 3 is 2.67 bits per heavy atom. The van der Waals surface area contributed by atoms with Crippen LogP contribution < -0.4 is 9.47 Å². The van der Waals surface area contributed by atoms with E-state index >= 15 is 0 Å². The molecule has 0 spiro atoms.